The fraction of sp³-hybridized carbons (Fsp3) is 0.615. The number of hydrogen-bond acceptors (Lipinski definition) is 10. The number of aliphatic hydroxyl groups excluding tert-OH is 2. The number of phosphoric ester groups is 1. The Kier molecular flexibility index (Phi) is 5.26. The average molecular weight is 389 g/mol. The molecule has 3 rings (SSSR count). The largest absolute Gasteiger partial charge is 0.472 e. The number of nitrogens with zero attached hydrogens (tertiary/aromatic N) is 4. The van der Waals surface area contributed by atoms with Gasteiger partial charge in [0.2, 0.25) is 0 Å². The number of rotatable bonds is 6. The van der Waals surface area contributed by atoms with E-state index in [-0.39, 0.29) is 11.5 Å². The maximum absolute atomic E-state index is 12.2. The molecule has 26 heavy (non-hydrogen) atoms. The van der Waals surface area contributed by atoms with Gasteiger partial charge in [-0.3, -0.25) is 13.6 Å². The van der Waals surface area contributed by atoms with E-state index in [1.54, 1.807) is 13.8 Å². The molecule has 1 saturated heterocycles. The molecule has 0 amide bonds. The molecule has 1 fully saturated rings. The number of nitrogens with two attached hydrogens (primary N) is 1. The molecule has 0 spiro atoms. The molecular formula is C13H20N5O7P. The standard InChI is InChI=1S/C13H20N5O7P/c1-6(2)24-26(21,22)25-10-9(20)7(3-19)23-13(10)18-5-17-8-11(14)15-4-16-12(8)18/h4-7,9-10,13,19-20H,3H2,1-2H3,(H,21,22)(H2,14,15,16)/t7-,9-,10-,13-/m1/s1. The summed E-state index contributed by atoms with van der Waals surface area (Å²) >= 11 is 0. The lowest BCUT2D eigenvalue weighted by atomic mass is 10.1. The summed E-state index contributed by atoms with van der Waals surface area (Å²) < 4.78 is 29.2. The van der Waals surface area contributed by atoms with Crippen molar-refractivity contribution in [2.24, 2.45) is 0 Å². The predicted molar refractivity (Wildman–Crippen MR) is 87.7 cm³/mol. The van der Waals surface area contributed by atoms with Crippen LogP contribution in [0.15, 0.2) is 12.7 Å². The highest BCUT2D eigenvalue weighted by Crippen LogP contribution is 2.50. The van der Waals surface area contributed by atoms with Gasteiger partial charge in [0.1, 0.15) is 30.2 Å². The molecule has 144 valence electrons. The van der Waals surface area contributed by atoms with E-state index in [9.17, 15) is 19.7 Å². The number of imidazole rings is 1. The lowest BCUT2D eigenvalue weighted by molar-refractivity contribution is -0.0519. The van der Waals surface area contributed by atoms with E-state index < -0.39 is 45.1 Å². The van der Waals surface area contributed by atoms with Gasteiger partial charge in [0, 0.05) is 0 Å². The lowest BCUT2D eigenvalue weighted by Crippen LogP contribution is -2.35. The molecule has 0 bridgehead atoms. The minimum atomic E-state index is -4.49. The van der Waals surface area contributed by atoms with Crippen molar-refractivity contribution in [2.75, 3.05) is 12.3 Å². The summed E-state index contributed by atoms with van der Waals surface area (Å²) in [4.78, 5) is 21.9. The van der Waals surface area contributed by atoms with Gasteiger partial charge in [-0.05, 0) is 13.8 Å². The maximum Gasteiger partial charge on any atom is 0.472 e. The number of aromatic nitrogens is 4. The quantitative estimate of drug-likeness (QED) is 0.472. The number of fused-ring (bicyclic) bond motifs is 1. The Bertz CT molecular complexity index is 830. The van der Waals surface area contributed by atoms with Gasteiger partial charge in [-0.2, -0.15) is 0 Å². The molecule has 1 aliphatic heterocycles. The number of phosphoric acid groups is 1. The van der Waals surface area contributed by atoms with Crippen LogP contribution in [0.25, 0.3) is 11.2 Å². The Morgan fingerprint density at radius 2 is 2.15 bits per heavy atom. The fourth-order valence-corrected chi connectivity index (χ4v) is 3.83. The molecule has 2 aromatic heterocycles. The Labute approximate surface area is 148 Å². The van der Waals surface area contributed by atoms with Gasteiger partial charge in [0.25, 0.3) is 0 Å². The van der Waals surface area contributed by atoms with Gasteiger partial charge in [0.05, 0.1) is 19.0 Å². The number of anilines is 1. The second kappa shape index (κ2) is 7.16. The van der Waals surface area contributed by atoms with Crippen LogP contribution in [0.4, 0.5) is 5.82 Å². The summed E-state index contributed by atoms with van der Waals surface area (Å²) in [5.74, 6) is 0.138. The third-order valence-corrected chi connectivity index (χ3v) is 4.95. The molecule has 5 atom stereocenters. The van der Waals surface area contributed by atoms with Crippen LogP contribution in [-0.2, 0) is 18.3 Å². The molecule has 5 N–H and O–H groups in total. The van der Waals surface area contributed by atoms with Crippen LogP contribution in [0.5, 0.6) is 0 Å². The summed E-state index contributed by atoms with van der Waals surface area (Å²) in [7, 11) is -4.49. The van der Waals surface area contributed by atoms with E-state index in [4.69, 9.17) is 19.5 Å². The van der Waals surface area contributed by atoms with E-state index >= 15 is 0 Å². The second-order valence-corrected chi connectivity index (χ2v) is 7.37. The van der Waals surface area contributed by atoms with E-state index in [0.29, 0.717) is 5.52 Å². The van der Waals surface area contributed by atoms with Crippen LogP contribution in [-0.4, -0.2) is 65.6 Å². The van der Waals surface area contributed by atoms with Crippen LogP contribution in [0.2, 0.25) is 0 Å². The number of nitrogen functional groups attached to an aromatic ring is 1. The molecular weight excluding hydrogens is 369 g/mol. The van der Waals surface area contributed by atoms with Crippen molar-refractivity contribution in [3.63, 3.8) is 0 Å². The van der Waals surface area contributed by atoms with Crippen LogP contribution < -0.4 is 5.73 Å². The Morgan fingerprint density at radius 1 is 1.42 bits per heavy atom. The zero-order chi connectivity index (χ0) is 19.1. The second-order valence-electron chi connectivity index (χ2n) is 6.01. The van der Waals surface area contributed by atoms with E-state index in [2.05, 4.69) is 15.0 Å². The zero-order valence-electron chi connectivity index (χ0n) is 14.0. The summed E-state index contributed by atoms with van der Waals surface area (Å²) in [6.45, 7) is 2.60. The monoisotopic (exact) mass is 389 g/mol. The van der Waals surface area contributed by atoms with E-state index in [1.807, 2.05) is 0 Å². The van der Waals surface area contributed by atoms with Crippen molar-refractivity contribution in [1.29, 1.82) is 0 Å². The number of ether oxygens (including phenoxy) is 1. The molecule has 13 heteroatoms. The van der Waals surface area contributed by atoms with Gasteiger partial charge >= 0.3 is 7.82 Å². The van der Waals surface area contributed by atoms with Crippen LogP contribution in [0.3, 0.4) is 0 Å². The molecule has 0 saturated carbocycles. The van der Waals surface area contributed by atoms with Gasteiger partial charge in [-0.25, -0.2) is 19.5 Å². The van der Waals surface area contributed by atoms with Gasteiger partial charge in [0.15, 0.2) is 17.7 Å². The first kappa shape index (κ1) is 19.1. The fourth-order valence-electron chi connectivity index (χ4n) is 2.71. The van der Waals surface area contributed by atoms with E-state index in [1.165, 1.54) is 17.2 Å². The predicted octanol–water partition coefficient (Wildman–Crippen LogP) is -0.430. The van der Waals surface area contributed by atoms with Gasteiger partial charge in [-0.15, -0.1) is 0 Å². The third-order valence-electron chi connectivity index (χ3n) is 3.75. The molecule has 0 aromatic carbocycles. The third kappa shape index (κ3) is 3.58. The Hall–Kier alpha value is -1.66. The summed E-state index contributed by atoms with van der Waals surface area (Å²) in [5.41, 5.74) is 6.32. The first-order valence-corrected chi connectivity index (χ1v) is 9.30. The van der Waals surface area contributed by atoms with Crippen molar-refractivity contribution in [1.82, 2.24) is 19.5 Å². The Balaban J connectivity index is 1.97. The first-order valence-electron chi connectivity index (χ1n) is 7.80. The normalized spacial score (nSPS) is 28.7. The smallest absolute Gasteiger partial charge is 0.394 e. The first-order chi connectivity index (χ1) is 12.2. The molecule has 1 aliphatic rings. The minimum absolute atomic E-state index is 0.138. The summed E-state index contributed by atoms with van der Waals surface area (Å²) in [5, 5.41) is 19.7. The van der Waals surface area contributed by atoms with Crippen LogP contribution >= 0.6 is 7.82 Å². The molecule has 0 aliphatic carbocycles. The molecule has 12 nitrogen and oxygen atoms in total. The van der Waals surface area contributed by atoms with Crippen molar-refractivity contribution in [2.45, 2.75) is 44.5 Å². The van der Waals surface area contributed by atoms with Crippen molar-refractivity contribution < 1.29 is 33.5 Å². The summed E-state index contributed by atoms with van der Waals surface area (Å²) in [6, 6.07) is 0. The van der Waals surface area contributed by atoms with Crippen molar-refractivity contribution in [3.05, 3.63) is 12.7 Å². The molecule has 2 aromatic rings. The van der Waals surface area contributed by atoms with Crippen LogP contribution in [0.1, 0.15) is 20.1 Å². The highest BCUT2D eigenvalue weighted by Gasteiger charge is 2.49. The topological polar surface area (TPSA) is 175 Å². The van der Waals surface area contributed by atoms with E-state index in [0.717, 1.165) is 0 Å². The average Bonchev–Trinajstić information content (AvgIpc) is 3.09. The SMILES string of the molecule is CC(C)OP(=O)(O)O[C@@H]1[C@H](O)[C@@H](CO)O[C@H]1n1cnc2c(N)ncnc21. The minimum Gasteiger partial charge on any atom is -0.394 e. The maximum atomic E-state index is 12.2. The van der Waals surface area contributed by atoms with Crippen LogP contribution in [0, 0.1) is 0 Å². The molecule has 0 radical (unpaired) electrons. The number of aliphatic hydroxyl groups is 2. The molecule has 3 heterocycles. The van der Waals surface area contributed by atoms with Crippen molar-refractivity contribution >= 4 is 24.8 Å². The van der Waals surface area contributed by atoms with Gasteiger partial charge in [-0.1, -0.05) is 0 Å². The summed E-state index contributed by atoms with van der Waals surface area (Å²) in [6.07, 6.45) is -2.89. The highest BCUT2D eigenvalue weighted by molar-refractivity contribution is 7.47. The van der Waals surface area contributed by atoms with Crippen molar-refractivity contribution in [3.8, 4) is 0 Å². The highest BCUT2D eigenvalue weighted by atomic mass is 31.2. The Morgan fingerprint density at radius 3 is 2.81 bits per heavy atom. The lowest BCUT2D eigenvalue weighted by Gasteiger charge is -2.24. The number of hydrogen-bond donors (Lipinski definition) is 4. The van der Waals surface area contributed by atoms with Gasteiger partial charge < -0.3 is 25.6 Å². The molecule has 1 unspecified atom stereocenters. The zero-order valence-corrected chi connectivity index (χ0v) is 14.9.